The first kappa shape index (κ1) is 17.1. The van der Waals surface area contributed by atoms with E-state index in [0.717, 1.165) is 30.5 Å². The highest BCUT2D eigenvalue weighted by Crippen LogP contribution is 2.22. The van der Waals surface area contributed by atoms with Gasteiger partial charge in [0.25, 0.3) is 0 Å². The topological polar surface area (TPSA) is 67.1 Å². The molecule has 0 saturated carbocycles. The molecule has 0 fully saturated rings. The molecule has 0 bridgehead atoms. The minimum absolute atomic E-state index is 0.0657. The molecule has 0 aliphatic heterocycles. The van der Waals surface area contributed by atoms with Crippen LogP contribution in [0.2, 0.25) is 0 Å². The number of aromatic nitrogens is 2. The minimum Gasteiger partial charge on any atom is -0.383 e. The Morgan fingerprint density at radius 2 is 1.91 bits per heavy atom. The lowest BCUT2D eigenvalue weighted by atomic mass is 10.1. The number of hydrogen-bond donors (Lipinski definition) is 2. The second-order valence-electron chi connectivity index (χ2n) is 5.68. The fraction of sp³-hybridized carbons (Fsp3) is 0.375. The van der Waals surface area contributed by atoms with Crippen molar-refractivity contribution in [2.24, 2.45) is 0 Å². The second-order valence-corrected chi connectivity index (χ2v) is 5.68. The van der Waals surface area contributed by atoms with Gasteiger partial charge in [-0.1, -0.05) is 6.07 Å². The van der Waals surface area contributed by atoms with E-state index in [4.69, 9.17) is 5.73 Å². The fourth-order valence-electron chi connectivity index (χ4n) is 2.02. The number of nitrogens with one attached hydrogen (secondary N) is 1. The van der Waals surface area contributed by atoms with Gasteiger partial charge in [-0.3, -0.25) is 0 Å². The summed E-state index contributed by atoms with van der Waals surface area (Å²) in [5.74, 6) is -1.05. The van der Waals surface area contributed by atoms with Crippen molar-refractivity contribution < 1.29 is 8.78 Å². The van der Waals surface area contributed by atoms with Crippen LogP contribution in [0.4, 0.5) is 26.2 Å². The van der Waals surface area contributed by atoms with Crippen LogP contribution in [-0.2, 0) is 6.42 Å². The summed E-state index contributed by atoms with van der Waals surface area (Å²) in [6.45, 7) is 2.12. The molecule has 0 radical (unpaired) electrons. The van der Waals surface area contributed by atoms with Crippen molar-refractivity contribution in [1.82, 2.24) is 14.9 Å². The van der Waals surface area contributed by atoms with Crippen LogP contribution in [0.25, 0.3) is 0 Å². The zero-order valence-corrected chi connectivity index (χ0v) is 13.5. The summed E-state index contributed by atoms with van der Waals surface area (Å²) in [5.41, 5.74) is 6.45. The molecule has 1 heterocycles. The predicted octanol–water partition coefficient (Wildman–Crippen LogP) is 2.96. The molecule has 2 aromatic rings. The molecule has 1 aromatic carbocycles. The smallest absolute Gasteiger partial charge is 0.229 e. The molecule has 0 spiro atoms. The minimum atomic E-state index is -0.712. The standard InChI is InChI=1S/C16H21F2N5/c1-10(23(2)3)7-8-11-9-20-16(22-15(11)19)21-14-12(17)5-4-6-13(14)18/h4-6,9-10H,7-8H2,1-3H3,(H3,19,20,21,22). The van der Waals surface area contributed by atoms with Crippen molar-refractivity contribution in [1.29, 1.82) is 0 Å². The average Bonchev–Trinajstić information content (AvgIpc) is 2.49. The summed E-state index contributed by atoms with van der Waals surface area (Å²) >= 11 is 0. The lowest BCUT2D eigenvalue weighted by Gasteiger charge is -2.19. The second kappa shape index (κ2) is 7.32. The molecule has 23 heavy (non-hydrogen) atoms. The van der Waals surface area contributed by atoms with Crippen molar-refractivity contribution in [3.8, 4) is 0 Å². The van der Waals surface area contributed by atoms with Gasteiger partial charge in [-0.25, -0.2) is 13.8 Å². The maximum atomic E-state index is 13.6. The number of nitrogen functional groups attached to an aromatic ring is 1. The Hall–Kier alpha value is -2.28. The molecule has 0 saturated heterocycles. The van der Waals surface area contributed by atoms with Crippen molar-refractivity contribution in [2.45, 2.75) is 25.8 Å². The highest BCUT2D eigenvalue weighted by atomic mass is 19.1. The average molecular weight is 321 g/mol. The van der Waals surface area contributed by atoms with E-state index >= 15 is 0 Å². The Kier molecular flexibility index (Phi) is 5.44. The molecule has 3 N–H and O–H groups in total. The molecule has 0 aliphatic rings. The van der Waals surface area contributed by atoms with Gasteiger partial charge >= 0.3 is 0 Å². The number of aryl methyl sites for hydroxylation is 1. The number of rotatable bonds is 6. The van der Waals surface area contributed by atoms with E-state index in [9.17, 15) is 8.78 Å². The van der Waals surface area contributed by atoms with Gasteiger partial charge in [0, 0.05) is 17.8 Å². The number of anilines is 3. The van der Waals surface area contributed by atoms with Crippen LogP contribution in [0.3, 0.4) is 0 Å². The van der Waals surface area contributed by atoms with Gasteiger partial charge in [0.1, 0.15) is 23.1 Å². The van der Waals surface area contributed by atoms with Crippen molar-refractivity contribution in [3.05, 3.63) is 41.6 Å². The van der Waals surface area contributed by atoms with Crippen LogP contribution < -0.4 is 11.1 Å². The van der Waals surface area contributed by atoms with Gasteiger partial charge < -0.3 is 16.0 Å². The molecular weight excluding hydrogens is 300 g/mol. The van der Waals surface area contributed by atoms with Gasteiger partial charge in [-0.2, -0.15) is 4.98 Å². The zero-order valence-electron chi connectivity index (χ0n) is 13.5. The van der Waals surface area contributed by atoms with Crippen molar-refractivity contribution in [2.75, 3.05) is 25.1 Å². The largest absolute Gasteiger partial charge is 0.383 e. The molecule has 2 rings (SSSR count). The summed E-state index contributed by atoms with van der Waals surface area (Å²) in [7, 11) is 4.03. The summed E-state index contributed by atoms with van der Waals surface area (Å²) in [6.07, 6.45) is 3.24. The summed E-state index contributed by atoms with van der Waals surface area (Å²) in [6, 6.07) is 4.01. The summed E-state index contributed by atoms with van der Waals surface area (Å²) in [5, 5.41) is 2.53. The van der Waals surface area contributed by atoms with Gasteiger partial charge in [0.2, 0.25) is 5.95 Å². The molecule has 0 aliphatic carbocycles. The van der Waals surface area contributed by atoms with Crippen LogP contribution in [0.5, 0.6) is 0 Å². The van der Waals surface area contributed by atoms with Gasteiger partial charge in [0.15, 0.2) is 0 Å². The molecule has 7 heteroatoms. The maximum Gasteiger partial charge on any atom is 0.229 e. The first-order valence-corrected chi connectivity index (χ1v) is 7.37. The lowest BCUT2D eigenvalue weighted by Crippen LogP contribution is -2.25. The van der Waals surface area contributed by atoms with Crippen molar-refractivity contribution in [3.63, 3.8) is 0 Å². The van der Waals surface area contributed by atoms with Crippen LogP contribution in [-0.4, -0.2) is 35.0 Å². The molecule has 1 atom stereocenters. The number of halogens is 2. The van der Waals surface area contributed by atoms with E-state index in [2.05, 4.69) is 27.1 Å². The van der Waals surface area contributed by atoms with Gasteiger partial charge in [-0.15, -0.1) is 0 Å². The van der Waals surface area contributed by atoms with E-state index in [0.29, 0.717) is 11.9 Å². The highest BCUT2D eigenvalue weighted by Gasteiger charge is 2.12. The van der Waals surface area contributed by atoms with Crippen LogP contribution in [0.1, 0.15) is 18.9 Å². The Bertz CT molecular complexity index is 655. The lowest BCUT2D eigenvalue weighted by molar-refractivity contribution is 0.299. The molecule has 1 aromatic heterocycles. The normalized spacial score (nSPS) is 12.4. The predicted molar refractivity (Wildman–Crippen MR) is 87.6 cm³/mol. The number of benzene rings is 1. The zero-order chi connectivity index (χ0) is 17.0. The summed E-state index contributed by atoms with van der Waals surface area (Å²) < 4.78 is 27.2. The van der Waals surface area contributed by atoms with E-state index in [1.807, 2.05) is 14.1 Å². The SMILES string of the molecule is CC(CCc1cnc(Nc2c(F)cccc2F)nc1N)N(C)C. The Morgan fingerprint density at radius 3 is 2.48 bits per heavy atom. The van der Waals surface area contributed by atoms with E-state index < -0.39 is 11.6 Å². The van der Waals surface area contributed by atoms with Crippen molar-refractivity contribution >= 4 is 17.5 Å². The van der Waals surface area contributed by atoms with Gasteiger partial charge in [0.05, 0.1) is 0 Å². The number of para-hydroxylation sites is 1. The summed E-state index contributed by atoms with van der Waals surface area (Å²) in [4.78, 5) is 10.3. The molecule has 0 amide bonds. The first-order valence-electron chi connectivity index (χ1n) is 7.37. The molecular formula is C16H21F2N5. The Balaban J connectivity index is 2.10. The van der Waals surface area contributed by atoms with Crippen LogP contribution in [0, 0.1) is 11.6 Å². The van der Waals surface area contributed by atoms with Crippen LogP contribution in [0.15, 0.2) is 24.4 Å². The maximum absolute atomic E-state index is 13.6. The number of hydrogen-bond acceptors (Lipinski definition) is 5. The third-order valence-electron chi connectivity index (χ3n) is 3.81. The third-order valence-corrected chi connectivity index (χ3v) is 3.81. The molecule has 1 unspecified atom stereocenters. The number of nitrogens with two attached hydrogens (primary N) is 1. The highest BCUT2D eigenvalue weighted by molar-refractivity contribution is 5.56. The van der Waals surface area contributed by atoms with Crippen LogP contribution >= 0.6 is 0 Å². The van der Waals surface area contributed by atoms with Gasteiger partial charge in [-0.05, 0) is 46.0 Å². The Labute approximate surface area is 134 Å². The monoisotopic (exact) mass is 321 g/mol. The quantitative estimate of drug-likeness (QED) is 0.856. The first-order chi connectivity index (χ1) is 10.9. The molecule has 5 nitrogen and oxygen atoms in total. The Morgan fingerprint density at radius 1 is 1.26 bits per heavy atom. The number of nitrogens with zero attached hydrogens (tertiary/aromatic N) is 3. The fourth-order valence-corrected chi connectivity index (χ4v) is 2.02. The molecule has 124 valence electrons. The van der Waals surface area contributed by atoms with E-state index in [-0.39, 0.29) is 11.6 Å². The van der Waals surface area contributed by atoms with E-state index in [1.165, 1.54) is 6.07 Å². The van der Waals surface area contributed by atoms with E-state index in [1.54, 1.807) is 6.20 Å². The third kappa shape index (κ3) is 4.35.